The van der Waals surface area contributed by atoms with Gasteiger partial charge in [-0.2, -0.15) is 0 Å². The fourth-order valence-electron chi connectivity index (χ4n) is 2.58. The van der Waals surface area contributed by atoms with Crippen LogP contribution in [0.5, 0.6) is 0 Å². The Morgan fingerprint density at radius 3 is 2.89 bits per heavy atom. The van der Waals surface area contributed by atoms with Crippen LogP contribution in [0.2, 0.25) is 0 Å². The van der Waals surface area contributed by atoms with Crippen LogP contribution in [0.15, 0.2) is 17.5 Å². The first-order valence-electron chi connectivity index (χ1n) is 7.15. The second-order valence-electron chi connectivity index (χ2n) is 5.53. The molecule has 106 valence electrons. The second kappa shape index (κ2) is 7.06. The summed E-state index contributed by atoms with van der Waals surface area (Å²) in [6, 6.07) is 4.50. The first-order valence-corrected chi connectivity index (χ1v) is 8.03. The molecule has 1 aliphatic heterocycles. The Kier molecular flexibility index (Phi) is 5.40. The number of thiophene rings is 1. The number of likely N-dealkylation sites (N-methyl/N-ethyl adjacent to an activating group) is 1. The summed E-state index contributed by atoms with van der Waals surface area (Å²) in [6.07, 6.45) is 3.96. The Bertz CT molecular complexity index is 385. The van der Waals surface area contributed by atoms with Crippen LogP contribution >= 0.6 is 11.3 Å². The third kappa shape index (κ3) is 4.32. The van der Waals surface area contributed by atoms with E-state index < -0.39 is 0 Å². The quantitative estimate of drug-likeness (QED) is 0.899. The van der Waals surface area contributed by atoms with E-state index in [0.717, 1.165) is 32.4 Å². The van der Waals surface area contributed by atoms with Crippen molar-refractivity contribution in [3.8, 4) is 0 Å². The fourth-order valence-corrected chi connectivity index (χ4v) is 3.41. The normalized spacial score (nSPS) is 18.2. The minimum Gasteiger partial charge on any atom is -0.343 e. The summed E-state index contributed by atoms with van der Waals surface area (Å²) in [7, 11) is 1.95. The number of nitrogens with zero attached hydrogens (tertiary/aromatic N) is 1. The van der Waals surface area contributed by atoms with Gasteiger partial charge < -0.3 is 10.2 Å². The maximum Gasteiger partial charge on any atom is 0.222 e. The smallest absolute Gasteiger partial charge is 0.222 e. The van der Waals surface area contributed by atoms with Gasteiger partial charge in [0.05, 0.1) is 0 Å². The van der Waals surface area contributed by atoms with Gasteiger partial charge in [0.1, 0.15) is 0 Å². The van der Waals surface area contributed by atoms with E-state index in [1.165, 1.54) is 4.88 Å². The van der Waals surface area contributed by atoms with Gasteiger partial charge in [-0.05, 0) is 50.2 Å². The second-order valence-corrected chi connectivity index (χ2v) is 6.57. The van der Waals surface area contributed by atoms with Gasteiger partial charge >= 0.3 is 0 Å². The molecule has 0 aliphatic carbocycles. The van der Waals surface area contributed by atoms with Crippen LogP contribution in [-0.4, -0.2) is 37.0 Å². The molecular formula is C15H24N2OS. The summed E-state index contributed by atoms with van der Waals surface area (Å²) < 4.78 is 0. The molecule has 0 saturated carbocycles. The van der Waals surface area contributed by atoms with Crippen molar-refractivity contribution < 1.29 is 4.79 Å². The highest BCUT2D eigenvalue weighted by atomic mass is 32.1. The lowest BCUT2D eigenvalue weighted by molar-refractivity contribution is -0.132. The van der Waals surface area contributed by atoms with Crippen molar-refractivity contribution in [2.45, 2.75) is 38.6 Å². The lowest BCUT2D eigenvalue weighted by Crippen LogP contribution is -2.38. The highest BCUT2D eigenvalue weighted by Gasteiger charge is 2.21. The monoisotopic (exact) mass is 280 g/mol. The number of rotatable bonds is 5. The molecule has 1 unspecified atom stereocenters. The van der Waals surface area contributed by atoms with Crippen LogP contribution in [0.25, 0.3) is 0 Å². The Hall–Kier alpha value is -0.870. The molecule has 0 bridgehead atoms. The van der Waals surface area contributed by atoms with Gasteiger partial charge in [0.25, 0.3) is 0 Å². The molecule has 1 aromatic heterocycles. The molecule has 1 N–H and O–H groups in total. The van der Waals surface area contributed by atoms with E-state index in [-0.39, 0.29) is 6.04 Å². The summed E-state index contributed by atoms with van der Waals surface area (Å²) >= 11 is 1.77. The van der Waals surface area contributed by atoms with Crippen LogP contribution in [0.3, 0.4) is 0 Å². The molecule has 1 atom stereocenters. The van der Waals surface area contributed by atoms with Crippen molar-refractivity contribution in [3.05, 3.63) is 22.4 Å². The number of hydrogen-bond donors (Lipinski definition) is 1. The van der Waals surface area contributed by atoms with E-state index >= 15 is 0 Å². The largest absolute Gasteiger partial charge is 0.343 e. The summed E-state index contributed by atoms with van der Waals surface area (Å²) in [5.74, 6) is 0.876. The molecule has 0 aromatic carbocycles. The van der Waals surface area contributed by atoms with Crippen LogP contribution in [0.4, 0.5) is 0 Å². The third-order valence-electron chi connectivity index (χ3n) is 4.05. The summed E-state index contributed by atoms with van der Waals surface area (Å²) in [6.45, 7) is 4.26. The fraction of sp³-hybridized carbons (Fsp3) is 0.667. The highest BCUT2D eigenvalue weighted by molar-refractivity contribution is 7.09. The lowest BCUT2D eigenvalue weighted by Gasteiger charge is -2.28. The van der Waals surface area contributed by atoms with E-state index in [4.69, 9.17) is 0 Å². The van der Waals surface area contributed by atoms with Gasteiger partial charge in [-0.1, -0.05) is 6.07 Å². The van der Waals surface area contributed by atoms with Gasteiger partial charge in [-0.3, -0.25) is 4.79 Å². The van der Waals surface area contributed by atoms with Crippen molar-refractivity contribution >= 4 is 17.2 Å². The average molecular weight is 280 g/mol. The molecular weight excluding hydrogens is 256 g/mol. The molecule has 0 radical (unpaired) electrons. The van der Waals surface area contributed by atoms with Crippen LogP contribution in [-0.2, 0) is 11.2 Å². The maximum absolute atomic E-state index is 12.3. The molecule has 2 heterocycles. The van der Waals surface area contributed by atoms with E-state index in [0.29, 0.717) is 18.2 Å². The Labute approximate surface area is 120 Å². The van der Waals surface area contributed by atoms with Crippen molar-refractivity contribution in [2.24, 2.45) is 5.92 Å². The molecule has 3 nitrogen and oxygen atoms in total. The maximum atomic E-state index is 12.3. The van der Waals surface area contributed by atoms with Crippen molar-refractivity contribution in [2.75, 3.05) is 20.1 Å². The van der Waals surface area contributed by atoms with Gasteiger partial charge in [-0.15, -0.1) is 11.3 Å². The number of carbonyl (C=O) groups excluding carboxylic acids is 1. The topological polar surface area (TPSA) is 32.3 Å². The zero-order chi connectivity index (χ0) is 13.7. The molecule has 19 heavy (non-hydrogen) atoms. The summed E-state index contributed by atoms with van der Waals surface area (Å²) in [4.78, 5) is 15.6. The number of amides is 1. The minimum atomic E-state index is 0.285. The zero-order valence-corrected chi connectivity index (χ0v) is 12.7. The van der Waals surface area contributed by atoms with Gasteiger partial charge in [0, 0.05) is 30.8 Å². The first-order chi connectivity index (χ1) is 9.16. The average Bonchev–Trinajstić information content (AvgIpc) is 2.91. The molecule has 0 spiro atoms. The summed E-state index contributed by atoms with van der Waals surface area (Å²) in [5, 5.41) is 5.44. The molecule has 1 aliphatic rings. The third-order valence-corrected chi connectivity index (χ3v) is 4.95. The number of piperidine rings is 1. The number of nitrogens with one attached hydrogen (secondary N) is 1. The lowest BCUT2D eigenvalue weighted by atomic mass is 9.94. The molecule has 1 fully saturated rings. The first kappa shape index (κ1) is 14.5. The van der Waals surface area contributed by atoms with Crippen LogP contribution in [0.1, 0.15) is 31.1 Å². The molecule has 2 rings (SSSR count). The Morgan fingerprint density at radius 2 is 2.26 bits per heavy atom. The number of carbonyl (C=O) groups is 1. The van der Waals surface area contributed by atoms with E-state index in [1.807, 2.05) is 11.9 Å². The summed E-state index contributed by atoms with van der Waals surface area (Å²) in [5.41, 5.74) is 0. The van der Waals surface area contributed by atoms with E-state index in [2.05, 4.69) is 29.8 Å². The SMILES string of the molecule is CC(Cc1cccs1)N(C)C(=O)CC1CCNCC1. The zero-order valence-electron chi connectivity index (χ0n) is 11.9. The molecule has 1 amide bonds. The Morgan fingerprint density at radius 1 is 1.53 bits per heavy atom. The standard InChI is InChI=1S/C15H24N2OS/c1-12(10-14-4-3-9-19-14)17(2)15(18)11-13-5-7-16-8-6-13/h3-4,9,12-13,16H,5-8,10-11H2,1-2H3. The van der Waals surface area contributed by atoms with Crippen LogP contribution in [0, 0.1) is 5.92 Å². The predicted octanol–water partition coefficient (Wildman–Crippen LogP) is 2.53. The number of hydrogen-bond acceptors (Lipinski definition) is 3. The Balaban J connectivity index is 1.80. The van der Waals surface area contributed by atoms with Crippen LogP contribution < -0.4 is 5.32 Å². The predicted molar refractivity (Wildman–Crippen MR) is 80.5 cm³/mol. The molecule has 4 heteroatoms. The van der Waals surface area contributed by atoms with E-state index in [1.54, 1.807) is 11.3 Å². The minimum absolute atomic E-state index is 0.285. The van der Waals surface area contributed by atoms with E-state index in [9.17, 15) is 4.79 Å². The molecule has 1 saturated heterocycles. The van der Waals surface area contributed by atoms with Crippen molar-refractivity contribution in [3.63, 3.8) is 0 Å². The van der Waals surface area contributed by atoms with Crippen molar-refractivity contribution in [1.29, 1.82) is 0 Å². The molecule has 1 aromatic rings. The highest BCUT2D eigenvalue weighted by Crippen LogP contribution is 2.19. The van der Waals surface area contributed by atoms with Gasteiger partial charge in [0.15, 0.2) is 0 Å². The van der Waals surface area contributed by atoms with Gasteiger partial charge in [-0.25, -0.2) is 0 Å². The van der Waals surface area contributed by atoms with Crippen molar-refractivity contribution in [1.82, 2.24) is 10.2 Å². The van der Waals surface area contributed by atoms with Gasteiger partial charge in [0.2, 0.25) is 5.91 Å².